The van der Waals surface area contributed by atoms with Gasteiger partial charge in [-0.1, -0.05) is 31.0 Å². The Balaban J connectivity index is 3.56. The van der Waals surface area contributed by atoms with E-state index in [0.717, 1.165) is 0 Å². The van der Waals surface area contributed by atoms with Crippen LogP contribution in [0, 0.1) is 12.3 Å². The minimum atomic E-state index is -1.00. The van der Waals surface area contributed by atoms with Gasteiger partial charge in [0, 0.05) is 22.9 Å². The summed E-state index contributed by atoms with van der Waals surface area (Å²) in [5, 5.41) is 5.58. The first kappa shape index (κ1) is 29.4. The van der Waals surface area contributed by atoms with Gasteiger partial charge in [-0.25, -0.2) is 4.79 Å². The molecule has 0 heterocycles. The standard InChI is InChI=1S/C26H39N3O4S/c1-10-17(3)29(23(31)20(16-34)27-24(32)33-26(7,8)9)21(22(30)28-25(4,5)6)19-15-13-12-14-18(19)11-2/h2,12-15,17,20-21,34H,10,16H2,1,3-9H3,(H,27,32)(H,28,30). The van der Waals surface area contributed by atoms with Gasteiger partial charge in [0.25, 0.3) is 0 Å². The van der Waals surface area contributed by atoms with Gasteiger partial charge in [0.2, 0.25) is 11.8 Å². The number of alkyl carbamates (subject to hydrolysis) is 1. The zero-order valence-corrected chi connectivity index (χ0v) is 22.5. The van der Waals surface area contributed by atoms with Gasteiger partial charge in [-0.3, -0.25) is 9.59 Å². The molecule has 0 aliphatic carbocycles. The fraction of sp³-hybridized carbons (Fsp3) is 0.577. The molecule has 1 aromatic carbocycles. The normalized spacial score (nSPS) is 14.2. The SMILES string of the molecule is C#Cc1ccccc1C(C(=O)NC(C)(C)C)N(C(=O)C(CS)NC(=O)OC(C)(C)C)C(C)CC. The first-order valence-corrected chi connectivity index (χ1v) is 12.1. The average Bonchev–Trinajstić information content (AvgIpc) is 2.72. The summed E-state index contributed by atoms with van der Waals surface area (Å²) < 4.78 is 5.32. The summed E-state index contributed by atoms with van der Waals surface area (Å²) in [5.74, 6) is 1.84. The Morgan fingerprint density at radius 1 is 1.15 bits per heavy atom. The van der Waals surface area contributed by atoms with Gasteiger partial charge in [-0.05, 0) is 66.5 Å². The van der Waals surface area contributed by atoms with Crippen molar-refractivity contribution in [2.24, 2.45) is 0 Å². The highest BCUT2D eigenvalue weighted by Gasteiger charge is 2.39. The molecule has 0 fully saturated rings. The maximum Gasteiger partial charge on any atom is 0.408 e. The number of rotatable bonds is 8. The third-order valence-corrected chi connectivity index (χ3v) is 5.29. The third-order valence-electron chi connectivity index (χ3n) is 4.93. The van der Waals surface area contributed by atoms with Crippen LogP contribution in [0.5, 0.6) is 0 Å². The Bertz CT molecular complexity index is 912. The molecule has 2 N–H and O–H groups in total. The monoisotopic (exact) mass is 489 g/mol. The lowest BCUT2D eigenvalue weighted by Crippen LogP contribution is -2.57. The summed E-state index contributed by atoms with van der Waals surface area (Å²) in [7, 11) is 0. The number of carbonyl (C=O) groups is 3. The van der Waals surface area contributed by atoms with E-state index in [1.807, 2.05) is 34.6 Å². The highest BCUT2D eigenvalue weighted by molar-refractivity contribution is 7.80. The van der Waals surface area contributed by atoms with Crippen LogP contribution in [-0.4, -0.2) is 51.8 Å². The van der Waals surface area contributed by atoms with Crippen molar-refractivity contribution in [2.45, 2.75) is 91.1 Å². The van der Waals surface area contributed by atoms with Crippen LogP contribution in [-0.2, 0) is 14.3 Å². The van der Waals surface area contributed by atoms with E-state index in [1.54, 1.807) is 45.0 Å². The summed E-state index contributed by atoms with van der Waals surface area (Å²) >= 11 is 4.30. The predicted octanol–water partition coefficient (Wildman–Crippen LogP) is 4.07. The summed E-state index contributed by atoms with van der Waals surface area (Å²) in [6.07, 6.45) is 5.59. The Morgan fingerprint density at radius 2 is 1.74 bits per heavy atom. The molecule has 0 spiro atoms. The van der Waals surface area contributed by atoms with Crippen molar-refractivity contribution in [3.63, 3.8) is 0 Å². The number of thiol groups is 1. The van der Waals surface area contributed by atoms with E-state index in [4.69, 9.17) is 11.2 Å². The van der Waals surface area contributed by atoms with E-state index in [9.17, 15) is 14.4 Å². The number of nitrogens with one attached hydrogen (secondary N) is 2. The van der Waals surface area contributed by atoms with Gasteiger partial charge < -0.3 is 20.3 Å². The van der Waals surface area contributed by atoms with Crippen molar-refractivity contribution in [1.29, 1.82) is 0 Å². The Hall–Kier alpha value is -2.66. The molecule has 0 saturated heterocycles. The third kappa shape index (κ3) is 8.60. The average molecular weight is 490 g/mol. The van der Waals surface area contributed by atoms with Crippen molar-refractivity contribution >= 4 is 30.5 Å². The van der Waals surface area contributed by atoms with E-state index in [0.29, 0.717) is 17.5 Å². The summed E-state index contributed by atoms with van der Waals surface area (Å²) in [6.45, 7) is 14.6. The van der Waals surface area contributed by atoms with Crippen LogP contribution in [0.3, 0.4) is 0 Å². The molecular weight excluding hydrogens is 450 g/mol. The van der Waals surface area contributed by atoms with Gasteiger partial charge in [-0.15, -0.1) is 6.42 Å². The molecule has 8 heteroatoms. The summed E-state index contributed by atoms with van der Waals surface area (Å²) in [4.78, 5) is 41.4. The number of terminal acetylenes is 1. The minimum Gasteiger partial charge on any atom is -0.444 e. The van der Waals surface area contributed by atoms with E-state index >= 15 is 0 Å². The molecule has 1 rings (SSSR count). The predicted molar refractivity (Wildman–Crippen MR) is 139 cm³/mol. The Morgan fingerprint density at radius 3 is 2.21 bits per heavy atom. The van der Waals surface area contributed by atoms with Gasteiger partial charge in [0.05, 0.1) is 0 Å². The molecule has 188 valence electrons. The van der Waals surface area contributed by atoms with Gasteiger partial charge in [-0.2, -0.15) is 12.6 Å². The molecule has 3 unspecified atom stereocenters. The van der Waals surface area contributed by atoms with E-state index in [2.05, 4.69) is 29.2 Å². The van der Waals surface area contributed by atoms with Crippen molar-refractivity contribution in [2.75, 3.05) is 5.75 Å². The molecule has 0 aromatic heterocycles. The topological polar surface area (TPSA) is 87.7 Å². The fourth-order valence-electron chi connectivity index (χ4n) is 3.33. The molecule has 0 aliphatic heterocycles. The van der Waals surface area contributed by atoms with Crippen molar-refractivity contribution in [3.8, 4) is 12.3 Å². The maximum atomic E-state index is 13.8. The molecule has 0 aliphatic rings. The van der Waals surface area contributed by atoms with E-state index < -0.39 is 35.2 Å². The second-order valence-corrected chi connectivity index (χ2v) is 10.6. The van der Waals surface area contributed by atoms with Gasteiger partial charge in [0.1, 0.15) is 17.7 Å². The number of benzene rings is 1. The summed E-state index contributed by atoms with van der Waals surface area (Å²) in [6, 6.07) is 4.71. The van der Waals surface area contributed by atoms with Gasteiger partial charge in [0.15, 0.2) is 0 Å². The number of hydrogen-bond acceptors (Lipinski definition) is 5. The van der Waals surface area contributed by atoms with Crippen LogP contribution in [0.25, 0.3) is 0 Å². The first-order chi connectivity index (χ1) is 15.6. The lowest BCUT2D eigenvalue weighted by atomic mass is 9.95. The largest absolute Gasteiger partial charge is 0.444 e. The number of nitrogens with zero attached hydrogens (tertiary/aromatic N) is 1. The number of hydrogen-bond donors (Lipinski definition) is 3. The van der Waals surface area contributed by atoms with E-state index in [1.165, 1.54) is 4.90 Å². The molecule has 3 atom stereocenters. The highest BCUT2D eigenvalue weighted by Crippen LogP contribution is 2.29. The number of carbonyl (C=O) groups excluding carboxylic acids is 3. The molecule has 34 heavy (non-hydrogen) atoms. The van der Waals surface area contributed by atoms with Crippen LogP contribution < -0.4 is 10.6 Å². The molecule has 3 amide bonds. The zero-order valence-electron chi connectivity index (χ0n) is 21.6. The second-order valence-electron chi connectivity index (χ2n) is 10.3. The van der Waals surface area contributed by atoms with Crippen LogP contribution >= 0.6 is 12.6 Å². The molecule has 0 bridgehead atoms. The Labute approximate surface area is 209 Å². The highest BCUT2D eigenvalue weighted by atomic mass is 32.1. The zero-order chi connectivity index (χ0) is 26.3. The van der Waals surface area contributed by atoms with E-state index in [-0.39, 0.29) is 17.7 Å². The number of amides is 3. The second kappa shape index (κ2) is 12.2. The lowest BCUT2D eigenvalue weighted by Gasteiger charge is -2.39. The van der Waals surface area contributed by atoms with Crippen molar-refractivity contribution < 1.29 is 19.1 Å². The summed E-state index contributed by atoms with van der Waals surface area (Å²) in [5.41, 5.74) is -0.218. The minimum absolute atomic E-state index is 0.0232. The number of ether oxygens (including phenoxy) is 1. The molecule has 1 aromatic rings. The van der Waals surface area contributed by atoms with Gasteiger partial charge >= 0.3 is 6.09 Å². The molecule has 7 nitrogen and oxygen atoms in total. The Kier molecular flexibility index (Phi) is 10.5. The molecule has 0 saturated carbocycles. The van der Waals surface area contributed by atoms with Crippen LogP contribution in [0.2, 0.25) is 0 Å². The van der Waals surface area contributed by atoms with Crippen LogP contribution in [0.1, 0.15) is 79.0 Å². The van der Waals surface area contributed by atoms with Crippen LogP contribution in [0.4, 0.5) is 4.79 Å². The quantitative estimate of drug-likeness (QED) is 0.379. The van der Waals surface area contributed by atoms with Crippen molar-refractivity contribution in [3.05, 3.63) is 35.4 Å². The fourth-order valence-corrected chi connectivity index (χ4v) is 3.58. The van der Waals surface area contributed by atoms with Crippen molar-refractivity contribution in [1.82, 2.24) is 15.5 Å². The van der Waals surface area contributed by atoms with Crippen LogP contribution in [0.15, 0.2) is 24.3 Å². The molecular formula is C26H39N3O4S. The molecule has 0 radical (unpaired) electrons. The first-order valence-electron chi connectivity index (χ1n) is 11.4. The maximum absolute atomic E-state index is 13.8. The lowest BCUT2D eigenvalue weighted by molar-refractivity contribution is -0.145. The smallest absolute Gasteiger partial charge is 0.408 e.